The van der Waals surface area contributed by atoms with Crippen molar-refractivity contribution < 1.29 is 14.6 Å². The van der Waals surface area contributed by atoms with E-state index in [0.29, 0.717) is 13.0 Å². The first kappa shape index (κ1) is 15.9. The maximum absolute atomic E-state index is 9.46. The molecule has 0 aromatic carbocycles. The van der Waals surface area contributed by atoms with Crippen molar-refractivity contribution in [1.29, 1.82) is 0 Å². The van der Waals surface area contributed by atoms with E-state index >= 15 is 0 Å². The van der Waals surface area contributed by atoms with Gasteiger partial charge in [0, 0.05) is 13.0 Å². The minimum absolute atomic E-state index is 0.168. The molecule has 2 atom stereocenters. The first-order valence-electron chi connectivity index (χ1n) is 7.74. The zero-order chi connectivity index (χ0) is 13.1. The molecule has 0 aromatic rings. The van der Waals surface area contributed by atoms with Gasteiger partial charge < -0.3 is 14.6 Å². The Balaban J connectivity index is 1.80. The van der Waals surface area contributed by atoms with E-state index in [-0.39, 0.29) is 12.4 Å². The van der Waals surface area contributed by atoms with Crippen LogP contribution in [0.2, 0.25) is 0 Å². The fraction of sp³-hybridized carbons (Fsp3) is 1.00. The zero-order valence-electron chi connectivity index (χ0n) is 11.9. The Hall–Kier alpha value is -0.120. The molecule has 1 saturated heterocycles. The van der Waals surface area contributed by atoms with Crippen molar-refractivity contribution >= 4 is 0 Å². The SMILES string of the molecule is CCCCCCCCCCOC1C[C@@H](O)CCO1. The topological polar surface area (TPSA) is 38.7 Å². The smallest absolute Gasteiger partial charge is 0.160 e. The number of hydrogen-bond donors (Lipinski definition) is 1. The van der Waals surface area contributed by atoms with E-state index in [4.69, 9.17) is 9.47 Å². The summed E-state index contributed by atoms with van der Waals surface area (Å²) in [6.07, 6.45) is 11.5. The predicted molar refractivity (Wildman–Crippen MR) is 73.5 cm³/mol. The van der Waals surface area contributed by atoms with Crippen molar-refractivity contribution in [3.05, 3.63) is 0 Å². The highest BCUT2D eigenvalue weighted by Crippen LogP contribution is 2.15. The van der Waals surface area contributed by atoms with Gasteiger partial charge in [0.2, 0.25) is 0 Å². The highest BCUT2D eigenvalue weighted by molar-refractivity contribution is 4.63. The third-order valence-corrected chi connectivity index (χ3v) is 3.52. The monoisotopic (exact) mass is 258 g/mol. The van der Waals surface area contributed by atoms with Crippen LogP contribution in [0.4, 0.5) is 0 Å². The molecule has 0 spiro atoms. The fourth-order valence-electron chi connectivity index (χ4n) is 2.31. The summed E-state index contributed by atoms with van der Waals surface area (Å²) >= 11 is 0. The number of rotatable bonds is 10. The van der Waals surface area contributed by atoms with Crippen LogP contribution in [0.3, 0.4) is 0 Å². The summed E-state index contributed by atoms with van der Waals surface area (Å²) in [5.74, 6) is 0. The molecule has 1 aliphatic rings. The lowest BCUT2D eigenvalue weighted by Crippen LogP contribution is -2.31. The Morgan fingerprint density at radius 3 is 2.39 bits per heavy atom. The first-order chi connectivity index (χ1) is 8.83. The lowest BCUT2D eigenvalue weighted by Gasteiger charge is -2.26. The van der Waals surface area contributed by atoms with Gasteiger partial charge in [0.05, 0.1) is 12.7 Å². The van der Waals surface area contributed by atoms with Gasteiger partial charge in [-0.3, -0.25) is 0 Å². The van der Waals surface area contributed by atoms with Crippen LogP contribution in [0.1, 0.15) is 71.1 Å². The van der Waals surface area contributed by atoms with Crippen LogP contribution in [0, 0.1) is 0 Å². The summed E-state index contributed by atoms with van der Waals surface area (Å²) in [4.78, 5) is 0. The molecule has 0 aromatic heterocycles. The highest BCUT2D eigenvalue weighted by Gasteiger charge is 2.20. The predicted octanol–water partition coefficient (Wildman–Crippen LogP) is 3.64. The lowest BCUT2D eigenvalue weighted by molar-refractivity contribution is -0.184. The van der Waals surface area contributed by atoms with Crippen LogP contribution >= 0.6 is 0 Å². The molecule has 0 bridgehead atoms. The highest BCUT2D eigenvalue weighted by atomic mass is 16.7. The Morgan fingerprint density at radius 2 is 1.72 bits per heavy atom. The van der Waals surface area contributed by atoms with Crippen LogP contribution in [0.15, 0.2) is 0 Å². The minimum atomic E-state index is -0.234. The number of aliphatic hydroxyl groups excluding tert-OH is 1. The molecule has 108 valence electrons. The molecule has 0 aliphatic carbocycles. The molecule has 3 nitrogen and oxygen atoms in total. The molecule has 1 fully saturated rings. The fourth-order valence-corrected chi connectivity index (χ4v) is 2.31. The van der Waals surface area contributed by atoms with Crippen molar-refractivity contribution in [2.75, 3.05) is 13.2 Å². The second-order valence-electron chi connectivity index (χ2n) is 5.32. The van der Waals surface area contributed by atoms with Crippen molar-refractivity contribution in [2.24, 2.45) is 0 Å². The van der Waals surface area contributed by atoms with Gasteiger partial charge >= 0.3 is 0 Å². The average Bonchev–Trinajstić information content (AvgIpc) is 2.37. The van der Waals surface area contributed by atoms with E-state index in [1.165, 1.54) is 44.9 Å². The van der Waals surface area contributed by atoms with Crippen molar-refractivity contribution in [2.45, 2.75) is 83.5 Å². The van der Waals surface area contributed by atoms with Crippen molar-refractivity contribution in [3.8, 4) is 0 Å². The molecular weight excluding hydrogens is 228 g/mol. The van der Waals surface area contributed by atoms with Crippen LogP contribution < -0.4 is 0 Å². The van der Waals surface area contributed by atoms with Gasteiger partial charge in [0.1, 0.15) is 0 Å². The maximum atomic E-state index is 9.46. The summed E-state index contributed by atoms with van der Waals surface area (Å²) < 4.78 is 11.1. The number of unbranched alkanes of at least 4 members (excludes halogenated alkanes) is 7. The van der Waals surface area contributed by atoms with Gasteiger partial charge in [-0.2, -0.15) is 0 Å². The summed E-state index contributed by atoms with van der Waals surface area (Å²) in [7, 11) is 0. The van der Waals surface area contributed by atoms with Crippen LogP contribution in [-0.4, -0.2) is 30.7 Å². The second-order valence-corrected chi connectivity index (χ2v) is 5.32. The van der Waals surface area contributed by atoms with Crippen molar-refractivity contribution in [1.82, 2.24) is 0 Å². The van der Waals surface area contributed by atoms with E-state index in [1.54, 1.807) is 0 Å². The molecule has 1 heterocycles. The molecular formula is C15H30O3. The summed E-state index contributed by atoms with van der Waals surface area (Å²) in [5.41, 5.74) is 0. The number of hydrogen-bond acceptors (Lipinski definition) is 3. The van der Waals surface area contributed by atoms with Crippen LogP contribution in [0.25, 0.3) is 0 Å². The Kier molecular flexibility index (Phi) is 9.54. The standard InChI is InChI=1S/C15H30O3/c1-2-3-4-5-6-7-8-9-11-17-15-13-14(16)10-12-18-15/h14-16H,2-13H2,1H3/t14-,15?/m0/s1. The molecule has 1 N–H and O–H groups in total. The van der Waals surface area contributed by atoms with Crippen LogP contribution in [-0.2, 0) is 9.47 Å². The van der Waals surface area contributed by atoms with E-state index in [2.05, 4.69) is 6.92 Å². The first-order valence-corrected chi connectivity index (χ1v) is 7.74. The molecule has 0 amide bonds. The Labute approximate surface area is 112 Å². The molecule has 18 heavy (non-hydrogen) atoms. The quantitative estimate of drug-likeness (QED) is 0.608. The van der Waals surface area contributed by atoms with Gasteiger partial charge in [-0.05, 0) is 12.8 Å². The maximum Gasteiger partial charge on any atom is 0.160 e. The van der Waals surface area contributed by atoms with Gasteiger partial charge in [0.15, 0.2) is 6.29 Å². The largest absolute Gasteiger partial charge is 0.393 e. The number of aliphatic hydroxyl groups is 1. The molecule has 3 heteroatoms. The van der Waals surface area contributed by atoms with Gasteiger partial charge in [-0.15, -0.1) is 0 Å². The van der Waals surface area contributed by atoms with Gasteiger partial charge in [-0.1, -0.05) is 51.9 Å². The molecule has 0 saturated carbocycles. The van der Waals surface area contributed by atoms with E-state index in [9.17, 15) is 5.11 Å². The third kappa shape index (κ3) is 8.06. The Bertz CT molecular complexity index is 185. The van der Waals surface area contributed by atoms with Crippen LogP contribution in [0.5, 0.6) is 0 Å². The lowest BCUT2D eigenvalue weighted by atomic mass is 10.1. The van der Waals surface area contributed by atoms with Gasteiger partial charge in [-0.25, -0.2) is 0 Å². The summed E-state index contributed by atoms with van der Waals surface area (Å²) in [6.45, 7) is 3.65. The molecule has 1 aliphatic heterocycles. The minimum Gasteiger partial charge on any atom is -0.393 e. The van der Waals surface area contributed by atoms with E-state index in [0.717, 1.165) is 19.4 Å². The van der Waals surface area contributed by atoms with Gasteiger partial charge in [0.25, 0.3) is 0 Å². The third-order valence-electron chi connectivity index (χ3n) is 3.52. The molecule has 0 radical (unpaired) electrons. The normalized spacial score (nSPS) is 24.3. The van der Waals surface area contributed by atoms with E-state index in [1.807, 2.05) is 0 Å². The summed E-state index contributed by atoms with van der Waals surface area (Å²) in [6, 6.07) is 0. The Morgan fingerprint density at radius 1 is 1.06 bits per heavy atom. The second kappa shape index (κ2) is 10.8. The average molecular weight is 258 g/mol. The summed E-state index contributed by atoms with van der Waals surface area (Å²) in [5, 5.41) is 9.46. The van der Waals surface area contributed by atoms with Crippen molar-refractivity contribution in [3.63, 3.8) is 0 Å². The zero-order valence-corrected chi connectivity index (χ0v) is 11.9. The molecule has 1 unspecified atom stereocenters. The molecule has 1 rings (SSSR count). The van der Waals surface area contributed by atoms with E-state index < -0.39 is 0 Å². The number of ether oxygens (including phenoxy) is 2.